The number of aliphatic hydroxyl groups excluding tert-OH is 1. The molecule has 30 heavy (non-hydrogen) atoms. The maximum atomic E-state index is 13.6. The fraction of sp³-hybridized carbons (Fsp3) is 0.435. The molecule has 0 radical (unpaired) electrons. The Labute approximate surface area is 174 Å². The van der Waals surface area contributed by atoms with Crippen molar-refractivity contribution in [2.75, 3.05) is 5.32 Å². The summed E-state index contributed by atoms with van der Waals surface area (Å²) in [5.41, 5.74) is 2.21. The summed E-state index contributed by atoms with van der Waals surface area (Å²) >= 11 is 0. The average Bonchev–Trinajstić information content (AvgIpc) is 3.57. The molecule has 0 bridgehead atoms. The van der Waals surface area contributed by atoms with Gasteiger partial charge in [-0.2, -0.15) is 0 Å². The van der Waals surface area contributed by atoms with Gasteiger partial charge in [-0.3, -0.25) is 10.1 Å². The summed E-state index contributed by atoms with van der Waals surface area (Å²) in [6, 6.07) is 11.3. The van der Waals surface area contributed by atoms with E-state index in [0.717, 1.165) is 43.5 Å². The first kappa shape index (κ1) is 20.8. The molecule has 2 fully saturated rings. The van der Waals surface area contributed by atoms with Crippen molar-refractivity contribution in [3.05, 3.63) is 65.2 Å². The van der Waals surface area contributed by atoms with E-state index in [0.29, 0.717) is 18.8 Å². The highest BCUT2D eigenvalue weighted by Crippen LogP contribution is 2.43. The van der Waals surface area contributed by atoms with Crippen molar-refractivity contribution < 1.29 is 18.7 Å². The van der Waals surface area contributed by atoms with Crippen molar-refractivity contribution in [1.29, 1.82) is 0 Å². The Balaban J connectivity index is 1.50. The molecule has 2 saturated carbocycles. The average molecular weight is 415 g/mol. The number of anilines is 1. The van der Waals surface area contributed by atoms with Crippen molar-refractivity contribution in [2.24, 2.45) is 0 Å². The molecule has 4 rings (SSSR count). The van der Waals surface area contributed by atoms with E-state index in [9.17, 15) is 18.7 Å². The number of aliphatic hydroxyl groups is 1. The minimum atomic E-state index is -1.06. The van der Waals surface area contributed by atoms with Gasteiger partial charge in [0.15, 0.2) is 17.9 Å². The number of amides is 1. The number of hydrogen-bond donors (Lipinski definition) is 4. The predicted octanol–water partition coefficient (Wildman–Crippen LogP) is 3.86. The topological polar surface area (TPSA) is 73.4 Å². The Kier molecular flexibility index (Phi) is 6.29. The van der Waals surface area contributed by atoms with Crippen LogP contribution in [0.2, 0.25) is 0 Å². The molecular formula is C23H27F2N3O2. The third kappa shape index (κ3) is 5.15. The van der Waals surface area contributed by atoms with Crippen molar-refractivity contribution in [2.45, 2.75) is 62.9 Å². The fourth-order valence-corrected chi connectivity index (χ4v) is 3.98. The molecule has 5 nitrogen and oxygen atoms in total. The minimum absolute atomic E-state index is 0.0528. The van der Waals surface area contributed by atoms with E-state index in [1.165, 1.54) is 11.6 Å². The number of para-hydroxylation sites is 1. The lowest BCUT2D eigenvalue weighted by atomic mass is 9.93. The van der Waals surface area contributed by atoms with Crippen LogP contribution in [-0.4, -0.2) is 29.4 Å². The number of nitrogens with one attached hydrogen (secondary N) is 3. The number of halogens is 2. The van der Waals surface area contributed by atoms with E-state index in [1.54, 1.807) is 0 Å². The van der Waals surface area contributed by atoms with Crippen LogP contribution in [0.3, 0.4) is 0 Å². The molecular weight excluding hydrogens is 388 g/mol. The summed E-state index contributed by atoms with van der Waals surface area (Å²) in [4.78, 5) is 12.7. The predicted molar refractivity (Wildman–Crippen MR) is 111 cm³/mol. The zero-order valence-corrected chi connectivity index (χ0v) is 16.7. The summed E-state index contributed by atoms with van der Waals surface area (Å²) in [6.07, 6.45) is 4.44. The third-order valence-corrected chi connectivity index (χ3v) is 5.83. The molecule has 4 N–H and O–H groups in total. The maximum Gasteiger partial charge on any atom is 0.253 e. The zero-order chi connectivity index (χ0) is 21.1. The van der Waals surface area contributed by atoms with Gasteiger partial charge in [-0.05, 0) is 74.3 Å². The first-order chi connectivity index (χ1) is 14.5. The van der Waals surface area contributed by atoms with Crippen LogP contribution in [0.25, 0.3) is 0 Å². The number of benzene rings is 2. The molecule has 0 aromatic heterocycles. The van der Waals surface area contributed by atoms with Gasteiger partial charge in [0.2, 0.25) is 0 Å². The second-order valence-electron chi connectivity index (χ2n) is 8.21. The molecule has 2 aromatic rings. The maximum absolute atomic E-state index is 13.6. The van der Waals surface area contributed by atoms with Gasteiger partial charge >= 0.3 is 0 Å². The summed E-state index contributed by atoms with van der Waals surface area (Å²) < 4.78 is 26.8. The van der Waals surface area contributed by atoms with E-state index in [2.05, 4.69) is 22.0 Å². The smallest absolute Gasteiger partial charge is 0.253 e. The van der Waals surface area contributed by atoms with Crippen molar-refractivity contribution in [3.63, 3.8) is 0 Å². The van der Waals surface area contributed by atoms with Gasteiger partial charge in [-0.1, -0.05) is 18.2 Å². The van der Waals surface area contributed by atoms with Crippen LogP contribution >= 0.6 is 0 Å². The molecule has 0 heterocycles. The highest BCUT2D eigenvalue weighted by Gasteiger charge is 2.28. The van der Waals surface area contributed by atoms with Gasteiger partial charge in [0.05, 0.1) is 6.10 Å². The normalized spacial score (nSPS) is 22.4. The molecule has 7 heteroatoms. The molecule has 0 aliphatic heterocycles. The highest BCUT2D eigenvalue weighted by molar-refractivity contribution is 5.94. The van der Waals surface area contributed by atoms with Crippen LogP contribution in [0.15, 0.2) is 42.5 Å². The first-order valence-corrected chi connectivity index (χ1v) is 10.5. The van der Waals surface area contributed by atoms with Gasteiger partial charge < -0.3 is 15.7 Å². The Bertz CT molecular complexity index is 896. The molecule has 2 aromatic carbocycles. The second-order valence-corrected chi connectivity index (χ2v) is 8.21. The number of carbonyl (C=O) groups excluding carboxylic acids is 1. The van der Waals surface area contributed by atoms with Gasteiger partial charge in [0, 0.05) is 17.3 Å². The van der Waals surface area contributed by atoms with Gasteiger partial charge in [-0.15, -0.1) is 0 Å². The SMILES string of the molecule is O=C(NC(Nc1ccccc1C1CC1)NC1CCC(O)CC1)c1ccc(F)c(F)c1. The summed E-state index contributed by atoms with van der Waals surface area (Å²) in [6.45, 7) is 0. The fourth-order valence-electron chi connectivity index (χ4n) is 3.98. The number of hydrogen-bond acceptors (Lipinski definition) is 4. The lowest BCUT2D eigenvalue weighted by molar-refractivity contribution is 0.0912. The summed E-state index contributed by atoms with van der Waals surface area (Å²) in [7, 11) is 0. The van der Waals surface area contributed by atoms with Crippen LogP contribution < -0.4 is 16.0 Å². The molecule has 0 spiro atoms. The Morgan fingerprint density at radius 3 is 2.40 bits per heavy atom. The molecule has 1 atom stereocenters. The molecule has 1 unspecified atom stereocenters. The van der Waals surface area contributed by atoms with Crippen LogP contribution in [-0.2, 0) is 0 Å². The second kappa shape index (κ2) is 9.10. The Hall–Kier alpha value is -2.51. The van der Waals surface area contributed by atoms with Crippen molar-refractivity contribution in [3.8, 4) is 0 Å². The lowest BCUT2D eigenvalue weighted by Gasteiger charge is -2.32. The van der Waals surface area contributed by atoms with Gasteiger partial charge in [0.1, 0.15) is 0 Å². The summed E-state index contributed by atoms with van der Waals surface area (Å²) in [5, 5.41) is 19.4. The first-order valence-electron chi connectivity index (χ1n) is 10.5. The highest BCUT2D eigenvalue weighted by atomic mass is 19.2. The zero-order valence-electron chi connectivity index (χ0n) is 16.7. The van der Waals surface area contributed by atoms with Gasteiger partial charge in [0.25, 0.3) is 5.91 Å². The molecule has 2 aliphatic rings. The van der Waals surface area contributed by atoms with E-state index in [4.69, 9.17) is 0 Å². The largest absolute Gasteiger partial charge is 0.393 e. The lowest BCUT2D eigenvalue weighted by Crippen LogP contribution is -2.55. The number of rotatable bonds is 7. The molecule has 160 valence electrons. The van der Waals surface area contributed by atoms with E-state index in [-0.39, 0.29) is 17.7 Å². The Morgan fingerprint density at radius 1 is 0.967 bits per heavy atom. The molecule has 0 saturated heterocycles. The minimum Gasteiger partial charge on any atom is -0.393 e. The Morgan fingerprint density at radius 2 is 1.70 bits per heavy atom. The van der Waals surface area contributed by atoms with Crippen LogP contribution in [0.1, 0.15) is 60.4 Å². The monoisotopic (exact) mass is 415 g/mol. The van der Waals surface area contributed by atoms with Crippen LogP contribution in [0, 0.1) is 11.6 Å². The molecule has 1 amide bonds. The van der Waals surface area contributed by atoms with E-state index >= 15 is 0 Å². The summed E-state index contributed by atoms with van der Waals surface area (Å²) in [5.74, 6) is -2.02. The quantitative estimate of drug-likeness (QED) is 0.518. The van der Waals surface area contributed by atoms with Crippen LogP contribution in [0.5, 0.6) is 0 Å². The van der Waals surface area contributed by atoms with E-state index < -0.39 is 23.8 Å². The number of carbonyl (C=O) groups is 1. The van der Waals surface area contributed by atoms with Crippen LogP contribution in [0.4, 0.5) is 14.5 Å². The van der Waals surface area contributed by atoms with E-state index in [1.807, 2.05) is 18.2 Å². The standard InChI is InChI=1S/C23H27F2N3O2/c24-19-12-7-15(13-20(19)25)22(30)28-23(26-16-8-10-17(29)11-9-16)27-21-4-2-1-3-18(21)14-5-6-14/h1-4,7,12-14,16-17,23,26-27,29H,5-6,8-11H2,(H,28,30). The third-order valence-electron chi connectivity index (χ3n) is 5.83. The molecule has 2 aliphatic carbocycles. The van der Waals surface area contributed by atoms with Gasteiger partial charge in [-0.25, -0.2) is 8.78 Å². The van der Waals surface area contributed by atoms with Crippen molar-refractivity contribution >= 4 is 11.6 Å². The van der Waals surface area contributed by atoms with Crippen molar-refractivity contribution in [1.82, 2.24) is 10.6 Å².